The molecule has 8 rings (SSSR count). The number of ether oxygens (including phenoxy) is 4. The summed E-state index contributed by atoms with van der Waals surface area (Å²) >= 11 is 3.29. The van der Waals surface area contributed by atoms with Crippen molar-refractivity contribution in [3.63, 3.8) is 0 Å². The highest BCUT2D eigenvalue weighted by molar-refractivity contribution is 9.10. The largest absolute Gasteiger partial charge is 0.494 e. The smallest absolute Gasteiger partial charge is 0.204 e. The van der Waals surface area contributed by atoms with Crippen LogP contribution < -0.4 is 18.9 Å². The first kappa shape index (κ1) is 51.5. The molecule has 0 fully saturated rings. The molecule has 4 heterocycles. The number of hydrogen-bond acceptors (Lipinski definition) is 15. The van der Waals surface area contributed by atoms with Gasteiger partial charge < -0.3 is 27.8 Å². The van der Waals surface area contributed by atoms with Gasteiger partial charge in [-0.1, -0.05) is 40.2 Å². The van der Waals surface area contributed by atoms with Gasteiger partial charge >= 0.3 is 0 Å². The zero-order valence-electron chi connectivity index (χ0n) is 39.1. The first-order chi connectivity index (χ1) is 34.0. The van der Waals surface area contributed by atoms with Crippen molar-refractivity contribution in [2.24, 2.45) is 0 Å². The van der Waals surface area contributed by atoms with Gasteiger partial charge in [0, 0.05) is 4.47 Å². The van der Waals surface area contributed by atoms with Crippen LogP contribution in [0, 0.1) is 36.8 Å². The minimum atomic E-state index is -3.74. The molecule has 4 aromatic carbocycles. The monoisotopic (exact) mass is 1070 g/mol. The second-order valence-electron chi connectivity index (χ2n) is 15.7. The van der Waals surface area contributed by atoms with E-state index in [4.69, 9.17) is 27.8 Å². The fourth-order valence-electron chi connectivity index (χ4n) is 7.49. The molecule has 0 unspecified atom stereocenters. The fraction of sp³-hybridized carbons (Fsp3) is 0.245. The molecule has 0 aliphatic rings. The number of nitrogens with zero attached hydrogens (tertiary/aromatic N) is 7. The van der Waals surface area contributed by atoms with Crippen molar-refractivity contribution in [2.45, 2.75) is 38.2 Å². The minimum Gasteiger partial charge on any atom is -0.494 e. The van der Waals surface area contributed by atoms with Crippen LogP contribution in [0.5, 0.6) is 23.0 Å². The zero-order chi connectivity index (χ0) is 51.0. The molecular weight excluding hydrogens is 1030 g/mol. The number of hydrogen-bond donors (Lipinski definition) is 0. The maximum Gasteiger partial charge on any atom is 0.204 e. The van der Waals surface area contributed by atoms with E-state index in [0.29, 0.717) is 78.8 Å². The van der Waals surface area contributed by atoms with Gasteiger partial charge in [0.2, 0.25) is 11.6 Å². The van der Waals surface area contributed by atoms with E-state index in [2.05, 4.69) is 36.3 Å². The maximum atomic E-state index is 13.5. The molecule has 0 saturated carbocycles. The van der Waals surface area contributed by atoms with Crippen LogP contribution in [0.15, 0.2) is 110 Å². The number of halogens is 3. The molecule has 0 aliphatic heterocycles. The van der Waals surface area contributed by atoms with Crippen molar-refractivity contribution in [1.82, 2.24) is 29.5 Å². The van der Waals surface area contributed by atoms with Crippen molar-refractivity contribution < 1.29 is 53.4 Å². The van der Waals surface area contributed by atoms with E-state index in [-0.39, 0.29) is 53.1 Å². The summed E-state index contributed by atoms with van der Waals surface area (Å²) in [6, 6.07) is 27.2. The van der Waals surface area contributed by atoms with Crippen LogP contribution in [0.2, 0.25) is 0 Å². The molecule has 0 N–H and O–H groups in total. The summed E-state index contributed by atoms with van der Waals surface area (Å²) in [5, 5.41) is 26.1. The van der Waals surface area contributed by atoms with Gasteiger partial charge in [-0.15, -0.1) is 20.4 Å². The highest BCUT2D eigenvalue weighted by atomic mass is 79.9. The molecule has 8 aromatic rings. The van der Waals surface area contributed by atoms with E-state index in [1.165, 1.54) is 52.7 Å². The highest BCUT2D eigenvalue weighted by Crippen LogP contribution is 2.39. The van der Waals surface area contributed by atoms with Crippen LogP contribution in [0.3, 0.4) is 0 Å². The zero-order valence-corrected chi connectivity index (χ0v) is 42.4. The Labute approximate surface area is 416 Å². The van der Waals surface area contributed by atoms with E-state index in [0.717, 1.165) is 6.07 Å². The fourth-order valence-corrected chi connectivity index (χ4v) is 10.5. The average Bonchev–Trinajstić information content (AvgIpc) is 4.17. The third kappa shape index (κ3) is 12.0. The Kier molecular flexibility index (Phi) is 16.1. The number of rotatable bonds is 18. The minimum absolute atomic E-state index is 0.0435. The van der Waals surface area contributed by atoms with Crippen molar-refractivity contribution in [1.29, 1.82) is 5.26 Å². The van der Waals surface area contributed by atoms with Gasteiger partial charge in [-0.2, -0.15) is 5.26 Å². The van der Waals surface area contributed by atoms with E-state index in [9.17, 15) is 30.9 Å². The molecule has 0 saturated heterocycles. The van der Waals surface area contributed by atoms with Gasteiger partial charge in [-0.3, -0.25) is 9.13 Å². The first-order valence-electron chi connectivity index (χ1n) is 21.5. The summed E-state index contributed by atoms with van der Waals surface area (Å²) in [6.45, 7) is 3.58. The Bertz CT molecular complexity index is 3430. The van der Waals surface area contributed by atoms with Gasteiger partial charge in [-0.05, 0) is 111 Å². The topological polar surface area (TPSA) is 217 Å². The number of furan rings is 2. The number of nitriles is 1. The third-order valence-electron chi connectivity index (χ3n) is 10.9. The molecule has 0 aliphatic carbocycles. The molecule has 0 radical (unpaired) electrons. The number of methoxy groups -OCH3 is 4. The SMILES string of the molecule is COc1cccc(OC)c1-n1c(CS(=O)(=O)CCc2ccc(F)cc2Br)nnc1-c1ccc(C)o1.COc1cccc(OC)c1-n1c(CS(=O)(=O)CCc2ccc(F)cc2C#N)nnc1-c1ccc(C)o1. The van der Waals surface area contributed by atoms with Gasteiger partial charge in [0.1, 0.15) is 69.0 Å². The molecule has 0 bridgehead atoms. The molecule has 370 valence electrons. The molecule has 0 amide bonds. The summed E-state index contributed by atoms with van der Waals surface area (Å²) in [6.07, 6.45) is 0.251. The predicted octanol–water partition coefficient (Wildman–Crippen LogP) is 8.93. The van der Waals surface area contributed by atoms with Crippen LogP contribution in [-0.2, 0) is 44.0 Å². The van der Waals surface area contributed by atoms with E-state index >= 15 is 0 Å². The Hall–Kier alpha value is -7.35. The second kappa shape index (κ2) is 22.2. The summed E-state index contributed by atoms with van der Waals surface area (Å²) in [5.41, 5.74) is 2.12. The van der Waals surface area contributed by atoms with Crippen molar-refractivity contribution in [3.8, 4) is 63.6 Å². The van der Waals surface area contributed by atoms with Crippen LogP contribution in [0.25, 0.3) is 34.5 Å². The lowest BCUT2D eigenvalue weighted by Gasteiger charge is -2.17. The predicted molar refractivity (Wildman–Crippen MR) is 261 cm³/mol. The number of aromatic nitrogens is 6. The summed E-state index contributed by atoms with van der Waals surface area (Å²) in [4.78, 5) is 0. The summed E-state index contributed by atoms with van der Waals surface area (Å²) in [7, 11) is -1.38. The Balaban J connectivity index is 0.000000209. The lowest BCUT2D eigenvalue weighted by molar-refractivity contribution is 0.390. The second-order valence-corrected chi connectivity index (χ2v) is 20.9. The van der Waals surface area contributed by atoms with Crippen molar-refractivity contribution in [2.75, 3.05) is 39.9 Å². The normalized spacial score (nSPS) is 11.4. The van der Waals surface area contributed by atoms with Gasteiger partial charge in [-0.25, -0.2) is 25.6 Å². The van der Waals surface area contributed by atoms with Gasteiger partial charge in [0.15, 0.2) is 42.8 Å². The van der Waals surface area contributed by atoms with E-state index in [1.807, 2.05) is 6.07 Å². The van der Waals surface area contributed by atoms with Crippen LogP contribution in [0.4, 0.5) is 8.78 Å². The lowest BCUT2D eigenvalue weighted by Crippen LogP contribution is -2.16. The lowest BCUT2D eigenvalue weighted by atomic mass is 10.1. The van der Waals surface area contributed by atoms with Crippen molar-refractivity contribution >= 4 is 35.6 Å². The Morgan fingerprint density at radius 2 is 1.00 bits per heavy atom. The third-order valence-corrected chi connectivity index (χ3v) is 14.7. The Morgan fingerprint density at radius 1 is 0.592 bits per heavy atom. The first-order valence-corrected chi connectivity index (χ1v) is 25.9. The van der Waals surface area contributed by atoms with Crippen molar-refractivity contribution in [3.05, 3.63) is 153 Å². The number of benzene rings is 4. The molecule has 71 heavy (non-hydrogen) atoms. The molecule has 17 nitrogen and oxygen atoms in total. The average molecular weight is 1070 g/mol. The standard InChI is InChI=1S/C25H23FN4O5S.C24H23BrFN3O5S/c1-16-7-10-22(35-16)25-29-28-23(30(25)24-20(33-2)5-4-6-21(24)34-3)15-36(31,32)12-11-17-8-9-19(26)13-18(17)14-27;1-15-7-10-21(34-15)24-28-27-22(29(24)23-19(32-2)5-4-6-20(23)33-3)14-35(30,31)12-11-16-8-9-17(26)13-18(16)25/h4-10,13H,11-12,15H2,1-3H3;4-10,13H,11-12,14H2,1-3H3. The van der Waals surface area contributed by atoms with Crippen LogP contribution in [-0.4, -0.2) is 86.3 Å². The summed E-state index contributed by atoms with van der Waals surface area (Å²) < 4.78 is 117. The quantitative estimate of drug-likeness (QED) is 0.0784. The number of sulfone groups is 2. The van der Waals surface area contributed by atoms with Crippen LogP contribution >= 0.6 is 15.9 Å². The number of para-hydroxylation sites is 2. The van der Waals surface area contributed by atoms with E-state index < -0.39 is 37.1 Å². The highest BCUT2D eigenvalue weighted by Gasteiger charge is 2.29. The molecule has 4 aromatic heterocycles. The maximum absolute atomic E-state index is 13.5. The Morgan fingerprint density at radius 3 is 1.38 bits per heavy atom. The number of aryl methyl sites for hydroxylation is 4. The van der Waals surface area contributed by atoms with Gasteiger partial charge in [0.25, 0.3) is 0 Å². The molecular formula is C49H46BrF2N7O10S2. The molecule has 0 spiro atoms. The molecule has 0 atom stereocenters. The van der Waals surface area contributed by atoms with Crippen LogP contribution in [0.1, 0.15) is 39.9 Å². The van der Waals surface area contributed by atoms with Gasteiger partial charge in [0.05, 0.1) is 51.6 Å². The molecule has 22 heteroatoms. The summed E-state index contributed by atoms with van der Waals surface area (Å²) in [5.74, 6) is 2.50. The van der Waals surface area contributed by atoms with E-state index in [1.54, 1.807) is 89.7 Å².